The highest BCUT2D eigenvalue weighted by Gasteiger charge is 2.25. The van der Waals surface area contributed by atoms with Crippen LogP contribution in [0, 0.1) is 11.8 Å². The SMILES string of the molecule is CCCCC(NCC)C1CCCC(C)C1.CO. The Balaban J connectivity index is 0.00000121. The Morgan fingerprint density at radius 2 is 1.94 bits per heavy atom. The van der Waals surface area contributed by atoms with Gasteiger partial charge in [-0.1, -0.05) is 46.5 Å². The van der Waals surface area contributed by atoms with Gasteiger partial charge in [0.1, 0.15) is 0 Å². The average molecular weight is 243 g/mol. The van der Waals surface area contributed by atoms with Gasteiger partial charge in [0.15, 0.2) is 0 Å². The number of hydrogen-bond acceptors (Lipinski definition) is 2. The number of nitrogens with one attached hydrogen (secondary N) is 1. The zero-order chi connectivity index (χ0) is 13.1. The molecule has 1 saturated carbocycles. The summed E-state index contributed by atoms with van der Waals surface area (Å²) in [4.78, 5) is 0. The van der Waals surface area contributed by atoms with Crippen LogP contribution in [-0.4, -0.2) is 24.8 Å². The Morgan fingerprint density at radius 3 is 2.47 bits per heavy atom. The summed E-state index contributed by atoms with van der Waals surface area (Å²) in [5.41, 5.74) is 0. The molecule has 1 rings (SSSR count). The maximum Gasteiger partial charge on any atom is 0.0319 e. The van der Waals surface area contributed by atoms with Crippen molar-refractivity contribution < 1.29 is 5.11 Å². The van der Waals surface area contributed by atoms with Crippen LogP contribution >= 0.6 is 0 Å². The molecule has 0 amide bonds. The minimum atomic E-state index is 0.803. The molecule has 0 aromatic rings. The summed E-state index contributed by atoms with van der Waals surface area (Å²) in [6.07, 6.45) is 9.96. The lowest BCUT2D eigenvalue weighted by Gasteiger charge is -2.34. The number of aliphatic hydroxyl groups is 1. The van der Waals surface area contributed by atoms with Crippen molar-refractivity contribution in [2.75, 3.05) is 13.7 Å². The van der Waals surface area contributed by atoms with Gasteiger partial charge in [-0.05, 0) is 37.6 Å². The van der Waals surface area contributed by atoms with Gasteiger partial charge in [0.05, 0.1) is 0 Å². The molecule has 0 aromatic heterocycles. The van der Waals surface area contributed by atoms with Crippen LogP contribution in [0.3, 0.4) is 0 Å². The zero-order valence-corrected chi connectivity index (χ0v) is 12.3. The minimum absolute atomic E-state index is 0.803. The maximum atomic E-state index is 7.00. The van der Waals surface area contributed by atoms with Gasteiger partial charge in [-0.2, -0.15) is 0 Å². The van der Waals surface area contributed by atoms with E-state index in [0.29, 0.717) is 0 Å². The normalized spacial score (nSPS) is 25.9. The molecule has 1 fully saturated rings. The molecule has 0 bridgehead atoms. The van der Waals surface area contributed by atoms with Crippen molar-refractivity contribution in [1.82, 2.24) is 5.32 Å². The molecule has 1 aliphatic carbocycles. The van der Waals surface area contributed by atoms with Gasteiger partial charge >= 0.3 is 0 Å². The van der Waals surface area contributed by atoms with Crippen LogP contribution in [-0.2, 0) is 0 Å². The second-order valence-electron chi connectivity index (χ2n) is 5.34. The Kier molecular flexibility index (Phi) is 11.0. The summed E-state index contributed by atoms with van der Waals surface area (Å²) in [6.45, 7) is 8.10. The molecule has 3 atom stereocenters. The summed E-state index contributed by atoms with van der Waals surface area (Å²) in [5, 5.41) is 10.7. The highest BCUT2D eigenvalue weighted by atomic mass is 16.2. The van der Waals surface area contributed by atoms with E-state index in [9.17, 15) is 0 Å². The Labute approximate surface area is 108 Å². The van der Waals surface area contributed by atoms with Crippen LogP contribution in [0.15, 0.2) is 0 Å². The first-order valence-corrected chi connectivity index (χ1v) is 7.46. The standard InChI is InChI=1S/C14H29N.CH4O/c1-4-6-10-14(15-5-2)13-9-7-8-12(3)11-13;1-2/h12-15H,4-11H2,1-3H3;2H,1H3. The third-order valence-electron chi connectivity index (χ3n) is 3.88. The molecule has 0 radical (unpaired) electrons. The fourth-order valence-corrected chi connectivity index (χ4v) is 3.04. The first-order chi connectivity index (χ1) is 8.27. The molecule has 0 saturated heterocycles. The molecule has 0 aromatic carbocycles. The van der Waals surface area contributed by atoms with Gasteiger partial charge < -0.3 is 10.4 Å². The predicted octanol–water partition coefficient (Wildman–Crippen LogP) is 3.59. The minimum Gasteiger partial charge on any atom is -0.400 e. The fraction of sp³-hybridized carbons (Fsp3) is 1.00. The van der Waals surface area contributed by atoms with Crippen LogP contribution in [0.5, 0.6) is 0 Å². The van der Waals surface area contributed by atoms with Crippen LogP contribution in [0.4, 0.5) is 0 Å². The van der Waals surface area contributed by atoms with Gasteiger partial charge in [-0.15, -0.1) is 0 Å². The molecule has 0 spiro atoms. The second-order valence-corrected chi connectivity index (χ2v) is 5.34. The molecule has 1 aliphatic rings. The van der Waals surface area contributed by atoms with Crippen LogP contribution < -0.4 is 5.32 Å². The molecule has 104 valence electrons. The van der Waals surface area contributed by atoms with Gasteiger partial charge in [0.25, 0.3) is 0 Å². The molecular weight excluding hydrogens is 210 g/mol. The van der Waals surface area contributed by atoms with E-state index in [0.717, 1.165) is 31.5 Å². The first-order valence-electron chi connectivity index (χ1n) is 7.46. The molecule has 0 aliphatic heterocycles. The highest BCUT2D eigenvalue weighted by molar-refractivity contribution is 4.81. The number of unbranched alkanes of at least 4 members (excludes halogenated alkanes) is 1. The molecule has 2 N–H and O–H groups in total. The maximum absolute atomic E-state index is 7.00. The topological polar surface area (TPSA) is 32.3 Å². The van der Waals surface area contributed by atoms with Crippen molar-refractivity contribution in [2.45, 2.75) is 71.8 Å². The lowest BCUT2D eigenvalue weighted by molar-refractivity contribution is 0.214. The van der Waals surface area contributed by atoms with E-state index < -0.39 is 0 Å². The lowest BCUT2D eigenvalue weighted by Crippen LogP contribution is -2.38. The van der Waals surface area contributed by atoms with Crippen molar-refractivity contribution in [3.05, 3.63) is 0 Å². The van der Waals surface area contributed by atoms with Crippen molar-refractivity contribution in [1.29, 1.82) is 0 Å². The third-order valence-corrected chi connectivity index (χ3v) is 3.88. The van der Waals surface area contributed by atoms with E-state index >= 15 is 0 Å². The Bertz CT molecular complexity index is 161. The van der Waals surface area contributed by atoms with E-state index in [1.165, 1.54) is 44.9 Å². The van der Waals surface area contributed by atoms with Gasteiger partial charge in [-0.3, -0.25) is 0 Å². The van der Waals surface area contributed by atoms with E-state index in [-0.39, 0.29) is 0 Å². The van der Waals surface area contributed by atoms with Crippen molar-refractivity contribution >= 4 is 0 Å². The highest BCUT2D eigenvalue weighted by Crippen LogP contribution is 2.32. The van der Waals surface area contributed by atoms with Gasteiger partial charge in [-0.25, -0.2) is 0 Å². The number of aliphatic hydroxyl groups excluding tert-OH is 1. The summed E-state index contributed by atoms with van der Waals surface area (Å²) < 4.78 is 0. The van der Waals surface area contributed by atoms with E-state index in [4.69, 9.17) is 5.11 Å². The predicted molar refractivity (Wildman–Crippen MR) is 76.3 cm³/mol. The number of rotatable bonds is 6. The van der Waals surface area contributed by atoms with E-state index in [1.54, 1.807) is 0 Å². The van der Waals surface area contributed by atoms with E-state index in [1.807, 2.05) is 0 Å². The van der Waals surface area contributed by atoms with E-state index in [2.05, 4.69) is 26.1 Å². The number of hydrogen-bond donors (Lipinski definition) is 2. The van der Waals surface area contributed by atoms with Gasteiger partial charge in [0.2, 0.25) is 0 Å². The average Bonchev–Trinajstić information content (AvgIpc) is 2.37. The largest absolute Gasteiger partial charge is 0.400 e. The van der Waals surface area contributed by atoms with Crippen LogP contribution in [0.1, 0.15) is 65.7 Å². The lowest BCUT2D eigenvalue weighted by atomic mass is 9.77. The van der Waals surface area contributed by atoms with Gasteiger partial charge in [0, 0.05) is 13.2 Å². The fourth-order valence-electron chi connectivity index (χ4n) is 3.04. The second kappa shape index (κ2) is 11.0. The quantitative estimate of drug-likeness (QED) is 0.747. The summed E-state index contributed by atoms with van der Waals surface area (Å²) in [7, 11) is 1.00. The Hall–Kier alpha value is -0.0800. The molecule has 2 nitrogen and oxygen atoms in total. The van der Waals surface area contributed by atoms with Crippen molar-refractivity contribution in [2.24, 2.45) is 11.8 Å². The monoisotopic (exact) mass is 243 g/mol. The summed E-state index contributed by atoms with van der Waals surface area (Å²) in [6, 6.07) is 0.803. The summed E-state index contributed by atoms with van der Waals surface area (Å²) >= 11 is 0. The van der Waals surface area contributed by atoms with Crippen LogP contribution in [0.2, 0.25) is 0 Å². The van der Waals surface area contributed by atoms with Crippen LogP contribution in [0.25, 0.3) is 0 Å². The third kappa shape index (κ3) is 7.05. The molecule has 0 heterocycles. The first kappa shape index (κ1) is 16.9. The molecule has 17 heavy (non-hydrogen) atoms. The zero-order valence-electron chi connectivity index (χ0n) is 12.3. The molecule has 2 heteroatoms. The molecular formula is C15H33NO. The smallest absolute Gasteiger partial charge is 0.0319 e. The molecule has 3 unspecified atom stereocenters. The Morgan fingerprint density at radius 1 is 1.24 bits per heavy atom. The van der Waals surface area contributed by atoms with Crippen molar-refractivity contribution in [3.8, 4) is 0 Å². The van der Waals surface area contributed by atoms with Crippen molar-refractivity contribution in [3.63, 3.8) is 0 Å². The summed E-state index contributed by atoms with van der Waals surface area (Å²) in [5.74, 6) is 1.92.